The first-order chi connectivity index (χ1) is 10.1. The van der Waals surface area contributed by atoms with E-state index in [0.717, 1.165) is 30.2 Å². The van der Waals surface area contributed by atoms with E-state index in [0.29, 0.717) is 15.3 Å². The Morgan fingerprint density at radius 2 is 2.05 bits per heavy atom. The van der Waals surface area contributed by atoms with E-state index >= 15 is 0 Å². The second-order valence-electron chi connectivity index (χ2n) is 5.20. The number of aromatic carboxylic acids is 1. The summed E-state index contributed by atoms with van der Waals surface area (Å²) in [6.07, 6.45) is 1.69. The highest BCUT2D eigenvalue weighted by Crippen LogP contribution is 2.48. The number of fused-ring (bicyclic) bond motifs is 2. The smallest absolute Gasteiger partial charge is 0.338 e. The van der Waals surface area contributed by atoms with Gasteiger partial charge in [-0.15, -0.1) is 0 Å². The molecule has 21 heavy (non-hydrogen) atoms. The number of carboxylic acids is 1. The molecule has 5 nitrogen and oxygen atoms in total. The van der Waals surface area contributed by atoms with Crippen LogP contribution in [0, 0.1) is 0 Å². The standard InChI is InChI=1S/C15H10ClN3O2/c16-12-5-4-9(8-17-12)14-18-13-10(15(20)21)2-1-3-11(13)19(14)6-7-19/h1-5,8H,6-7H2/p+1. The number of benzene rings is 1. The van der Waals surface area contributed by atoms with Gasteiger partial charge in [-0.3, -0.25) is 0 Å². The van der Waals surface area contributed by atoms with Crippen LogP contribution in [0.5, 0.6) is 0 Å². The lowest BCUT2D eigenvalue weighted by Crippen LogP contribution is -2.31. The zero-order valence-corrected chi connectivity index (χ0v) is 11.7. The molecule has 0 radical (unpaired) electrons. The molecule has 0 unspecified atom stereocenters. The van der Waals surface area contributed by atoms with E-state index in [2.05, 4.69) is 9.98 Å². The molecule has 0 amide bonds. The van der Waals surface area contributed by atoms with Crippen LogP contribution in [0.1, 0.15) is 15.9 Å². The molecule has 0 bridgehead atoms. The number of para-hydroxylation sites is 1. The maximum Gasteiger partial charge on any atom is 0.338 e. The molecule has 1 saturated heterocycles. The van der Waals surface area contributed by atoms with Crippen LogP contribution in [0.15, 0.2) is 41.5 Å². The number of amidine groups is 1. The Morgan fingerprint density at radius 3 is 2.67 bits per heavy atom. The largest absolute Gasteiger partial charge is 0.478 e. The fraction of sp³-hybridized carbons (Fsp3) is 0.133. The number of aromatic nitrogens is 1. The summed E-state index contributed by atoms with van der Waals surface area (Å²) in [5.74, 6) is -0.103. The first kappa shape index (κ1) is 12.5. The molecule has 3 heterocycles. The predicted octanol–water partition coefficient (Wildman–Crippen LogP) is 2.85. The minimum absolute atomic E-state index is 0.244. The van der Waals surface area contributed by atoms with Crippen molar-refractivity contribution in [1.29, 1.82) is 0 Å². The molecule has 4 rings (SSSR count). The van der Waals surface area contributed by atoms with Crippen molar-refractivity contribution in [3.63, 3.8) is 0 Å². The zero-order chi connectivity index (χ0) is 14.6. The third kappa shape index (κ3) is 1.71. The lowest BCUT2D eigenvalue weighted by atomic mass is 10.1. The van der Waals surface area contributed by atoms with Crippen molar-refractivity contribution in [2.24, 2.45) is 4.99 Å². The number of hydrogen-bond acceptors (Lipinski definition) is 3. The van der Waals surface area contributed by atoms with Crippen LogP contribution >= 0.6 is 11.6 Å². The highest BCUT2D eigenvalue weighted by molar-refractivity contribution is 6.29. The van der Waals surface area contributed by atoms with Crippen molar-refractivity contribution < 1.29 is 9.90 Å². The van der Waals surface area contributed by atoms with Gasteiger partial charge in [-0.05, 0) is 18.2 Å². The summed E-state index contributed by atoms with van der Waals surface area (Å²) in [4.78, 5) is 20.1. The molecule has 1 N–H and O–H groups in total. The normalized spacial score (nSPS) is 17.5. The van der Waals surface area contributed by atoms with E-state index in [9.17, 15) is 9.90 Å². The summed E-state index contributed by atoms with van der Waals surface area (Å²) in [6.45, 7) is 1.86. The van der Waals surface area contributed by atoms with Crippen LogP contribution in [-0.4, -0.2) is 35.0 Å². The molecule has 0 saturated carbocycles. The topological polar surface area (TPSA) is 62.5 Å². The van der Waals surface area contributed by atoms with Gasteiger partial charge < -0.3 is 5.11 Å². The number of halogens is 1. The van der Waals surface area contributed by atoms with Crippen molar-refractivity contribution >= 4 is 34.8 Å². The van der Waals surface area contributed by atoms with Crippen LogP contribution in [0.25, 0.3) is 0 Å². The zero-order valence-electron chi connectivity index (χ0n) is 11.0. The lowest BCUT2D eigenvalue weighted by Gasteiger charge is -2.13. The number of pyridine rings is 1. The van der Waals surface area contributed by atoms with Gasteiger partial charge in [-0.1, -0.05) is 17.7 Å². The Kier molecular flexibility index (Phi) is 2.46. The third-order valence-corrected chi connectivity index (χ3v) is 4.21. The fourth-order valence-corrected chi connectivity index (χ4v) is 2.97. The predicted molar refractivity (Wildman–Crippen MR) is 80.4 cm³/mol. The maximum absolute atomic E-state index is 11.4. The van der Waals surface area contributed by atoms with E-state index in [4.69, 9.17) is 11.6 Å². The summed E-state index contributed by atoms with van der Waals surface area (Å²) in [5.41, 5.74) is 2.64. The lowest BCUT2D eigenvalue weighted by molar-refractivity contribution is 0.0698. The Morgan fingerprint density at radius 1 is 1.24 bits per heavy atom. The van der Waals surface area contributed by atoms with Crippen molar-refractivity contribution in [2.75, 3.05) is 13.1 Å². The van der Waals surface area contributed by atoms with Crippen LogP contribution in [-0.2, 0) is 0 Å². The van der Waals surface area contributed by atoms with Crippen LogP contribution in [0.4, 0.5) is 11.4 Å². The second kappa shape index (κ2) is 4.13. The van der Waals surface area contributed by atoms with E-state index in [1.54, 1.807) is 24.4 Å². The molecule has 2 aromatic rings. The van der Waals surface area contributed by atoms with Gasteiger partial charge in [0.2, 0.25) is 5.84 Å². The maximum atomic E-state index is 11.4. The Bertz CT molecular complexity index is 795. The molecule has 104 valence electrons. The number of nitrogens with zero attached hydrogens (tertiary/aromatic N) is 3. The van der Waals surface area contributed by atoms with Gasteiger partial charge >= 0.3 is 5.97 Å². The summed E-state index contributed by atoms with van der Waals surface area (Å²) >= 11 is 5.83. The molecule has 0 aliphatic carbocycles. The summed E-state index contributed by atoms with van der Waals surface area (Å²) in [5, 5.41) is 9.76. The van der Waals surface area contributed by atoms with E-state index in [-0.39, 0.29) is 5.56 Å². The number of carboxylic acid groups (broad SMARTS) is 1. The van der Waals surface area contributed by atoms with Crippen molar-refractivity contribution in [1.82, 2.24) is 9.47 Å². The Labute approximate surface area is 125 Å². The van der Waals surface area contributed by atoms with Gasteiger partial charge in [-0.25, -0.2) is 14.3 Å². The van der Waals surface area contributed by atoms with E-state index < -0.39 is 5.97 Å². The Balaban J connectivity index is 1.91. The number of quaternary nitrogens is 1. The molecular weight excluding hydrogens is 290 g/mol. The van der Waals surface area contributed by atoms with Gasteiger partial charge in [-0.2, -0.15) is 4.99 Å². The number of rotatable bonds is 2. The molecule has 6 heteroatoms. The SMILES string of the molecule is O=C(O)c1cccc2c1N=C(c1ccc(Cl)nc1)[N+]21CC1. The second-order valence-corrected chi connectivity index (χ2v) is 5.59. The van der Waals surface area contributed by atoms with Crippen molar-refractivity contribution in [3.05, 3.63) is 52.8 Å². The molecule has 1 aromatic carbocycles. The van der Waals surface area contributed by atoms with Crippen LogP contribution < -0.4 is 4.48 Å². The van der Waals surface area contributed by atoms with Crippen LogP contribution in [0.3, 0.4) is 0 Å². The van der Waals surface area contributed by atoms with Crippen LogP contribution in [0.2, 0.25) is 5.15 Å². The summed E-state index contributed by atoms with van der Waals surface area (Å²) in [7, 11) is 0. The van der Waals surface area contributed by atoms with Gasteiger partial charge in [0, 0.05) is 12.3 Å². The highest BCUT2D eigenvalue weighted by Gasteiger charge is 2.56. The molecule has 0 atom stereocenters. The molecule has 2 aliphatic rings. The van der Waals surface area contributed by atoms with Crippen molar-refractivity contribution in [3.8, 4) is 0 Å². The fourth-order valence-electron chi connectivity index (χ4n) is 2.85. The summed E-state index contributed by atoms with van der Waals surface area (Å²) < 4.78 is 0.611. The monoisotopic (exact) mass is 300 g/mol. The van der Waals surface area contributed by atoms with E-state index in [1.807, 2.05) is 12.1 Å². The van der Waals surface area contributed by atoms with Gasteiger partial charge in [0.1, 0.15) is 23.9 Å². The minimum atomic E-state index is -0.953. The molecular formula is C15H11ClN3O2+. The number of carbonyl (C=O) groups is 1. The average Bonchev–Trinajstić information content (AvgIpc) is 3.19. The first-order valence-corrected chi connectivity index (χ1v) is 6.95. The highest BCUT2D eigenvalue weighted by atomic mass is 35.5. The van der Waals surface area contributed by atoms with Crippen molar-refractivity contribution in [2.45, 2.75) is 0 Å². The molecule has 2 aliphatic heterocycles. The third-order valence-electron chi connectivity index (χ3n) is 3.99. The average molecular weight is 301 g/mol. The minimum Gasteiger partial charge on any atom is -0.478 e. The van der Waals surface area contributed by atoms with Gasteiger partial charge in [0.25, 0.3) is 0 Å². The number of hydrogen-bond donors (Lipinski definition) is 1. The van der Waals surface area contributed by atoms with E-state index in [1.165, 1.54) is 0 Å². The number of aliphatic imine (C=N–C) groups is 1. The molecule has 1 spiro atoms. The Hall–Kier alpha value is -2.24. The van der Waals surface area contributed by atoms with Gasteiger partial charge in [0.15, 0.2) is 5.69 Å². The van der Waals surface area contributed by atoms with Gasteiger partial charge in [0.05, 0.1) is 11.1 Å². The molecule has 1 aromatic heterocycles. The summed E-state index contributed by atoms with van der Waals surface area (Å²) in [6, 6.07) is 8.92. The molecule has 1 fully saturated rings. The quantitative estimate of drug-likeness (QED) is 0.527. The first-order valence-electron chi connectivity index (χ1n) is 6.57.